The van der Waals surface area contributed by atoms with E-state index in [1.165, 1.54) is 11.1 Å². The number of aliphatic imine (C=N–C) groups is 1. The lowest BCUT2D eigenvalue weighted by Gasteiger charge is -2.11. The van der Waals surface area contributed by atoms with Gasteiger partial charge in [-0.15, -0.1) is 0 Å². The Balaban J connectivity index is 1.66. The van der Waals surface area contributed by atoms with Gasteiger partial charge in [0.1, 0.15) is 0 Å². The monoisotopic (exact) mass is 426 g/mol. The first-order valence-electron chi connectivity index (χ1n) is 9.00. The summed E-state index contributed by atoms with van der Waals surface area (Å²) >= 11 is 12.6. The molecule has 0 spiro atoms. The van der Waals surface area contributed by atoms with E-state index in [4.69, 9.17) is 27.9 Å². The number of amides is 1. The maximum atomic E-state index is 12.0. The van der Waals surface area contributed by atoms with Crippen molar-refractivity contribution in [2.24, 2.45) is 4.99 Å². The molecule has 0 atom stereocenters. The zero-order valence-electron chi connectivity index (χ0n) is 16.1. The fraction of sp³-hybridized carbons (Fsp3) is 0.130. The molecule has 0 fully saturated rings. The Morgan fingerprint density at radius 1 is 1.00 bits per heavy atom. The second kappa shape index (κ2) is 9.59. The van der Waals surface area contributed by atoms with Crippen LogP contribution in [-0.2, 0) is 4.79 Å². The quantitative estimate of drug-likeness (QED) is 0.464. The number of ether oxygens (including phenoxy) is 1. The first kappa shape index (κ1) is 20.9. The van der Waals surface area contributed by atoms with Gasteiger partial charge in [-0.3, -0.25) is 9.79 Å². The van der Waals surface area contributed by atoms with Gasteiger partial charge in [-0.05, 0) is 66.9 Å². The number of hydrogen-bond acceptors (Lipinski definition) is 3. The third-order valence-electron chi connectivity index (χ3n) is 4.28. The van der Waals surface area contributed by atoms with Crippen molar-refractivity contribution in [3.63, 3.8) is 0 Å². The molecule has 0 aliphatic rings. The molecule has 0 saturated carbocycles. The molecular formula is C23H20Cl2N2O2. The summed E-state index contributed by atoms with van der Waals surface area (Å²) in [4.78, 5) is 16.5. The number of anilines is 1. The molecule has 0 unspecified atom stereocenters. The summed E-state index contributed by atoms with van der Waals surface area (Å²) in [6, 6.07) is 18.5. The standard InChI is InChI=1S/C23H20Cl2N2O2/c1-15-8-9-19(10-16(15)2)26-13-17-11-20(24)23(21(25)12-17)29-14-22(28)27-18-6-4-3-5-7-18/h3-13H,14H2,1-2H3,(H,27,28). The Hall–Kier alpha value is -2.82. The molecule has 0 saturated heterocycles. The molecule has 148 valence electrons. The predicted octanol–water partition coefficient (Wildman–Crippen LogP) is 6.38. The number of hydrogen-bond donors (Lipinski definition) is 1. The highest BCUT2D eigenvalue weighted by Gasteiger charge is 2.12. The fourth-order valence-corrected chi connectivity index (χ4v) is 3.22. The predicted molar refractivity (Wildman–Crippen MR) is 120 cm³/mol. The topological polar surface area (TPSA) is 50.7 Å². The average molecular weight is 427 g/mol. The van der Waals surface area contributed by atoms with E-state index in [0.717, 1.165) is 11.3 Å². The lowest BCUT2D eigenvalue weighted by molar-refractivity contribution is -0.118. The number of carbonyl (C=O) groups is 1. The van der Waals surface area contributed by atoms with E-state index in [1.54, 1.807) is 30.5 Å². The Morgan fingerprint density at radius 2 is 1.69 bits per heavy atom. The van der Waals surface area contributed by atoms with Crippen molar-refractivity contribution in [1.82, 2.24) is 0 Å². The number of benzene rings is 3. The molecule has 0 aliphatic heterocycles. The molecule has 0 heterocycles. The smallest absolute Gasteiger partial charge is 0.262 e. The number of rotatable bonds is 6. The molecule has 1 amide bonds. The number of carbonyl (C=O) groups excluding carboxylic acids is 1. The maximum Gasteiger partial charge on any atom is 0.262 e. The minimum absolute atomic E-state index is 0.204. The zero-order chi connectivity index (χ0) is 20.8. The largest absolute Gasteiger partial charge is 0.481 e. The fourth-order valence-electron chi connectivity index (χ4n) is 2.60. The Morgan fingerprint density at radius 3 is 2.34 bits per heavy atom. The van der Waals surface area contributed by atoms with Crippen molar-refractivity contribution in [1.29, 1.82) is 0 Å². The van der Waals surface area contributed by atoms with Crippen LogP contribution in [0.4, 0.5) is 11.4 Å². The summed E-state index contributed by atoms with van der Waals surface area (Å²) in [5.41, 5.74) is 4.66. The van der Waals surface area contributed by atoms with Gasteiger partial charge in [0.05, 0.1) is 15.7 Å². The van der Waals surface area contributed by atoms with Crippen LogP contribution in [0.2, 0.25) is 10.0 Å². The molecule has 0 bridgehead atoms. The van der Waals surface area contributed by atoms with E-state index in [9.17, 15) is 4.79 Å². The minimum atomic E-state index is -0.302. The van der Waals surface area contributed by atoms with Crippen molar-refractivity contribution in [2.75, 3.05) is 11.9 Å². The number of nitrogens with one attached hydrogen (secondary N) is 1. The lowest BCUT2D eigenvalue weighted by Crippen LogP contribution is -2.20. The van der Waals surface area contributed by atoms with Gasteiger partial charge in [-0.25, -0.2) is 0 Å². The summed E-state index contributed by atoms with van der Waals surface area (Å²) in [6.45, 7) is 3.90. The van der Waals surface area contributed by atoms with Crippen LogP contribution in [0.3, 0.4) is 0 Å². The van der Waals surface area contributed by atoms with Gasteiger partial charge in [-0.1, -0.05) is 47.5 Å². The molecular weight excluding hydrogens is 407 g/mol. The average Bonchev–Trinajstić information content (AvgIpc) is 2.69. The van der Waals surface area contributed by atoms with Gasteiger partial charge in [0, 0.05) is 11.9 Å². The van der Waals surface area contributed by atoms with E-state index in [2.05, 4.69) is 17.2 Å². The van der Waals surface area contributed by atoms with Gasteiger partial charge in [0.15, 0.2) is 12.4 Å². The van der Waals surface area contributed by atoms with Crippen LogP contribution in [0.5, 0.6) is 5.75 Å². The van der Waals surface area contributed by atoms with Gasteiger partial charge >= 0.3 is 0 Å². The van der Waals surface area contributed by atoms with E-state index in [-0.39, 0.29) is 18.3 Å². The minimum Gasteiger partial charge on any atom is -0.481 e. The highest BCUT2D eigenvalue weighted by molar-refractivity contribution is 6.37. The van der Waals surface area contributed by atoms with E-state index < -0.39 is 0 Å². The summed E-state index contributed by atoms with van der Waals surface area (Å²) in [5.74, 6) is -0.0383. The Bertz CT molecular complexity index is 1030. The zero-order valence-corrected chi connectivity index (χ0v) is 17.6. The van der Waals surface area contributed by atoms with E-state index >= 15 is 0 Å². The van der Waals surface area contributed by atoms with Crippen molar-refractivity contribution in [2.45, 2.75) is 13.8 Å². The summed E-state index contributed by atoms with van der Waals surface area (Å²) in [7, 11) is 0. The molecule has 29 heavy (non-hydrogen) atoms. The molecule has 4 nitrogen and oxygen atoms in total. The van der Waals surface area contributed by atoms with Crippen LogP contribution in [0.15, 0.2) is 65.7 Å². The van der Waals surface area contributed by atoms with Gasteiger partial charge in [-0.2, -0.15) is 0 Å². The second-order valence-electron chi connectivity index (χ2n) is 6.54. The van der Waals surface area contributed by atoms with Crippen LogP contribution in [-0.4, -0.2) is 18.7 Å². The highest BCUT2D eigenvalue weighted by atomic mass is 35.5. The summed E-state index contributed by atoms with van der Waals surface area (Å²) in [6.07, 6.45) is 1.69. The van der Waals surface area contributed by atoms with Crippen LogP contribution < -0.4 is 10.1 Å². The van der Waals surface area contributed by atoms with Gasteiger partial charge < -0.3 is 10.1 Å². The van der Waals surface area contributed by atoms with Crippen LogP contribution >= 0.6 is 23.2 Å². The number of nitrogens with zero attached hydrogens (tertiary/aromatic N) is 1. The Labute approximate surface area is 180 Å². The van der Waals surface area contributed by atoms with Gasteiger partial charge in [0.25, 0.3) is 5.91 Å². The van der Waals surface area contributed by atoms with Crippen LogP contribution in [0.25, 0.3) is 0 Å². The highest BCUT2D eigenvalue weighted by Crippen LogP contribution is 2.34. The third-order valence-corrected chi connectivity index (χ3v) is 4.84. The molecule has 0 aliphatic carbocycles. The number of halogens is 2. The molecule has 3 aromatic rings. The summed E-state index contributed by atoms with van der Waals surface area (Å²) < 4.78 is 5.53. The molecule has 0 radical (unpaired) electrons. The number of para-hydroxylation sites is 1. The number of aryl methyl sites for hydroxylation is 2. The Kier molecular flexibility index (Phi) is 6.91. The van der Waals surface area contributed by atoms with Crippen molar-refractivity contribution >= 4 is 46.7 Å². The molecule has 3 rings (SSSR count). The maximum absolute atomic E-state index is 12.0. The normalized spacial score (nSPS) is 10.9. The van der Waals surface area contributed by atoms with E-state index in [0.29, 0.717) is 15.7 Å². The first-order chi connectivity index (χ1) is 13.9. The van der Waals surface area contributed by atoms with Crippen molar-refractivity contribution in [3.8, 4) is 5.75 Å². The summed E-state index contributed by atoms with van der Waals surface area (Å²) in [5, 5.41) is 3.36. The van der Waals surface area contributed by atoms with Gasteiger partial charge in [0.2, 0.25) is 0 Å². The second-order valence-corrected chi connectivity index (χ2v) is 7.36. The van der Waals surface area contributed by atoms with Crippen molar-refractivity contribution in [3.05, 3.63) is 87.4 Å². The first-order valence-corrected chi connectivity index (χ1v) is 9.76. The molecule has 6 heteroatoms. The van der Waals surface area contributed by atoms with Crippen molar-refractivity contribution < 1.29 is 9.53 Å². The third kappa shape index (κ3) is 5.83. The van der Waals surface area contributed by atoms with E-state index in [1.807, 2.05) is 43.3 Å². The molecule has 0 aromatic heterocycles. The van der Waals surface area contributed by atoms with Crippen LogP contribution in [0.1, 0.15) is 16.7 Å². The lowest BCUT2D eigenvalue weighted by atomic mass is 10.1. The van der Waals surface area contributed by atoms with Crippen LogP contribution in [0, 0.1) is 13.8 Å². The molecule has 1 N–H and O–H groups in total. The SMILES string of the molecule is Cc1ccc(N=Cc2cc(Cl)c(OCC(=O)Nc3ccccc3)c(Cl)c2)cc1C. The molecule has 3 aromatic carbocycles.